The quantitative estimate of drug-likeness (QED) is 0.460. The molecule has 2 atom stereocenters. The van der Waals surface area contributed by atoms with Gasteiger partial charge in [-0.15, -0.1) is 0 Å². The number of fused-ring (bicyclic) bond motifs is 1. The van der Waals surface area contributed by atoms with Gasteiger partial charge in [-0.25, -0.2) is 9.37 Å². The van der Waals surface area contributed by atoms with Crippen LogP contribution in [-0.2, 0) is 4.79 Å². The summed E-state index contributed by atoms with van der Waals surface area (Å²) < 4.78 is 7.37. The summed E-state index contributed by atoms with van der Waals surface area (Å²) in [5, 5.41) is 13.9. The Kier molecular flexibility index (Phi) is 7.04. The zero-order valence-electron chi connectivity index (χ0n) is 17.7. The largest absolute Gasteiger partial charge is 0.491 e. The minimum Gasteiger partial charge on any atom is -0.491 e. The van der Waals surface area contributed by atoms with Gasteiger partial charge in [0.2, 0.25) is 11.9 Å². The number of aliphatic hydroxyl groups excluding tert-OH is 1. The maximum Gasteiger partial charge on any atom is 0.390 e. The molecule has 2 unspecified atom stereocenters. The molecule has 2 heterocycles. The number of hydrogen-bond acceptors (Lipinski definition) is 6. The number of urea groups is 1. The maximum atomic E-state index is 12.9. The number of amides is 3. The number of imide groups is 1. The molecule has 0 aromatic heterocycles. The number of amidine groups is 1. The highest BCUT2D eigenvalue weighted by molar-refractivity contribution is 6.22. The van der Waals surface area contributed by atoms with Gasteiger partial charge in [-0.05, 0) is 18.6 Å². The van der Waals surface area contributed by atoms with Gasteiger partial charge in [-0.2, -0.15) is 0 Å². The van der Waals surface area contributed by atoms with Gasteiger partial charge in [0.15, 0.2) is 0 Å². The van der Waals surface area contributed by atoms with Crippen LogP contribution in [0.15, 0.2) is 35.3 Å². The molecule has 2 aliphatic rings. The van der Waals surface area contributed by atoms with Crippen LogP contribution in [0.2, 0.25) is 0 Å². The standard InChI is InChI=1S/C21H29N5O4/c1-4-5-9-12-22-20-23-18-17(19(28)25(3)21(29)24(18)2)26(20)13-15(27)14-30-16-10-7-6-8-11-16/h6-8,10-11,15,17,27H,4-5,9,12-14H2,1-3H3/p+1. The third-order valence-electron chi connectivity index (χ3n) is 5.19. The van der Waals surface area contributed by atoms with E-state index in [2.05, 4.69) is 17.2 Å². The predicted octanol–water partition coefficient (Wildman–Crippen LogP) is 0.879. The summed E-state index contributed by atoms with van der Waals surface area (Å²) in [6.07, 6.45) is 2.28. The zero-order valence-corrected chi connectivity index (χ0v) is 17.7. The number of rotatable bonds is 9. The molecule has 3 rings (SSSR count). The van der Waals surface area contributed by atoms with Crippen LogP contribution >= 0.6 is 0 Å². The van der Waals surface area contributed by atoms with Crippen LogP contribution in [-0.4, -0.2) is 89.2 Å². The molecule has 0 aliphatic carbocycles. The Bertz CT molecular complexity index is 839. The smallest absolute Gasteiger partial charge is 0.390 e. The van der Waals surface area contributed by atoms with E-state index in [1.807, 2.05) is 30.3 Å². The van der Waals surface area contributed by atoms with E-state index >= 15 is 0 Å². The number of para-hydroxylation sites is 1. The summed E-state index contributed by atoms with van der Waals surface area (Å²) in [5.41, 5.74) is 0. The first-order valence-electron chi connectivity index (χ1n) is 10.3. The van der Waals surface area contributed by atoms with Gasteiger partial charge in [0.1, 0.15) is 18.5 Å². The summed E-state index contributed by atoms with van der Waals surface area (Å²) in [6.45, 7) is 3.04. The Labute approximate surface area is 176 Å². The van der Waals surface area contributed by atoms with Crippen LogP contribution in [0, 0.1) is 0 Å². The molecule has 9 nitrogen and oxygen atoms in total. The SMILES string of the molecule is CCCCCNC1=[N+](CC(O)COc2ccccc2)C2C(=O)N(C)C(=O)N(C)C2=N1. The molecule has 1 aromatic carbocycles. The number of likely N-dealkylation sites (N-methyl/N-ethyl adjacent to an activating group) is 2. The Morgan fingerprint density at radius 2 is 1.93 bits per heavy atom. The van der Waals surface area contributed by atoms with Gasteiger partial charge < -0.3 is 9.84 Å². The van der Waals surface area contributed by atoms with Crippen molar-refractivity contribution in [1.82, 2.24) is 15.1 Å². The van der Waals surface area contributed by atoms with Crippen molar-refractivity contribution in [3.8, 4) is 5.75 Å². The molecule has 0 spiro atoms. The Balaban J connectivity index is 1.76. The third-order valence-corrected chi connectivity index (χ3v) is 5.19. The molecular formula is C21H30N5O4+. The van der Waals surface area contributed by atoms with Gasteiger partial charge in [-0.1, -0.05) is 43.0 Å². The topological polar surface area (TPSA) is 97.5 Å². The molecule has 1 fully saturated rings. The lowest BCUT2D eigenvalue weighted by Crippen LogP contribution is -2.62. The second-order valence-corrected chi connectivity index (χ2v) is 7.50. The molecule has 30 heavy (non-hydrogen) atoms. The van der Waals surface area contributed by atoms with Crippen molar-refractivity contribution in [2.75, 3.05) is 33.8 Å². The van der Waals surface area contributed by atoms with E-state index in [0.29, 0.717) is 24.1 Å². The average Bonchev–Trinajstić information content (AvgIpc) is 3.11. The van der Waals surface area contributed by atoms with E-state index < -0.39 is 18.2 Å². The number of benzene rings is 1. The van der Waals surface area contributed by atoms with Crippen LogP contribution in [0.4, 0.5) is 4.79 Å². The summed E-state index contributed by atoms with van der Waals surface area (Å²) in [4.78, 5) is 32.2. The highest BCUT2D eigenvalue weighted by atomic mass is 16.5. The van der Waals surface area contributed by atoms with Crippen molar-refractivity contribution >= 4 is 23.7 Å². The molecule has 3 amide bonds. The van der Waals surface area contributed by atoms with Crippen molar-refractivity contribution < 1.29 is 24.0 Å². The number of aliphatic hydroxyl groups is 1. The van der Waals surface area contributed by atoms with Gasteiger partial charge in [0.25, 0.3) is 5.91 Å². The molecule has 1 saturated heterocycles. The number of β-amino-alcohol motifs (C(OH)–C–C–N with tert-alkyl or cyclic N) is 1. The van der Waals surface area contributed by atoms with E-state index in [4.69, 9.17) is 4.74 Å². The number of nitrogens with one attached hydrogen (secondary N) is 1. The van der Waals surface area contributed by atoms with Crippen LogP contribution < -0.4 is 10.1 Å². The zero-order chi connectivity index (χ0) is 21.7. The number of hydrogen-bond donors (Lipinski definition) is 2. The summed E-state index contributed by atoms with van der Waals surface area (Å²) in [7, 11) is 3.06. The molecule has 9 heteroatoms. The van der Waals surface area contributed by atoms with Crippen molar-refractivity contribution in [3.05, 3.63) is 30.3 Å². The molecule has 1 aromatic rings. The van der Waals surface area contributed by atoms with Gasteiger partial charge in [0.05, 0.1) is 13.1 Å². The lowest BCUT2D eigenvalue weighted by Gasteiger charge is -2.32. The Hall–Kier alpha value is -2.94. The van der Waals surface area contributed by atoms with E-state index in [1.165, 1.54) is 11.9 Å². The monoisotopic (exact) mass is 416 g/mol. The number of nitrogens with zero attached hydrogens (tertiary/aromatic N) is 4. The summed E-state index contributed by atoms with van der Waals surface area (Å²) in [5.74, 6) is 1.17. The molecule has 2 N–H and O–H groups in total. The highest BCUT2D eigenvalue weighted by Crippen LogP contribution is 2.19. The Morgan fingerprint density at radius 1 is 1.20 bits per heavy atom. The fourth-order valence-corrected chi connectivity index (χ4v) is 3.50. The second kappa shape index (κ2) is 9.71. The molecular weight excluding hydrogens is 386 g/mol. The van der Waals surface area contributed by atoms with Crippen molar-refractivity contribution in [2.45, 2.75) is 38.3 Å². The minimum atomic E-state index is -0.853. The summed E-state index contributed by atoms with van der Waals surface area (Å²) in [6, 6.07) is 8.07. The maximum absolute atomic E-state index is 12.9. The lowest BCUT2D eigenvalue weighted by atomic mass is 10.1. The second-order valence-electron chi connectivity index (χ2n) is 7.50. The predicted molar refractivity (Wildman–Crippen MR) is 113 cm³/mol. The first-order chi connectivity index (χ1) is 14.4. The first-order valence-corrected chi connectivity index (χ1v) is 10.3. The average molecular weight is 417 g/mol. The van der Waals surface area contributed by atoms with Crippen molar-refractivity contribution in [3.63, 3.8) is 0 Å². The number of guanidine groups is 1. The Morgan fingerprint density at radius 3 is 2.63 bits per heavy atom. The molecule has 0 bridgehead atoms. The number of unbranched alkanes of at least 4 members (excludes halogenated alkanes) is 2. The first kappa shape index (κ1) is 21.8. The molecule has 0 saturated carbocycles. The molecule has 2 aliphatic heterocycles. The van der Waals surface area contributed by atoms with E-state index in [-0.39, 0.29) is 19.1 Å². The van der Waals surface area contributed by atoms with Crippen molar-refractivity contribution in [1.29, 1.82) is 0 Å². The van der Waals surface area contributed by atoms with Gasteiger partial charge >= 0.3 is 12.0 Å². The fraction of sp³-hybridized carbons (Fsp3) is 0.524. The molecule has 162 valence electrons. The van der Waals surface area contributed by atoms with Crippen LogP contribution in [0.1, 0.15) is 26.2 Å². The van der Waals surface area contributed by atoms with E-state index in [0.717, 1.165) is 24.2 Å². The number of aliphatic imine (C=N–C) groups is 1. The van der Waals surface area contributed by atoms with Crippen LogP contribution in [0.25, 0.3) is 0 Å². The van der Waals surface area contributed by atoms with Crippen LogP contribution in [0.3, 0.4) is 0 Å². The number of carbonyl (C=O) groups excluding carboxylic acids is 2. The van der Waals surface area contributed by atoms with Gasteiger partial charge in [-0.3, -0.25) is 19.9 Å². The fourth-order valence-electron chi connectivity index (χ4n) is 3.50. The number of ether oxygens (including phenoxy) is 1. The number of carbonyl (C=O) groups is 2. The normalized spacial score (nSPS) is 19.7. The minimum absolute atomic E-state index is 0.0739. The van der Waals surface area contributed by atoms with Gasteiger partial charge in [0, 0.05) is 14.1 Å². The van der Waals surface area contributed by atoms with E-state index in [9.17, 15) is 14.7 Å². The van der Waals surface area contributed by atoms with E-state index in [1.54, 1.807) is 11.6 Å². The summed E-state index contributed by atoms with van der Waals surface area (Å²) >= 11 is 0. The lowest BCUT2D eigenvalue weighted by molar-refractivity contribution is -0.545. The van der Waals surface area contributed by atoms with Crippen molar-refractivity contribution in [2.24, 2.45) is 4.99 Å². The third kappa shape index (κ3) is 4.62. The molecule has 0 radical (unpaired) electrons. The van der Waals surface area contributed by atoms with Crippen LogP contribution in [0.5, 0.6) is 5.75 Å². The highest BCUT2D eigenvalue weighted by Gasteiger charge is 2.51.